The fourth-order valence-corrected chi connectivity index (χ4v) is 9.79. The van der Waals surface area contributed by atoms with Crippen molar-refractivity contribution in [2.45, 2.75) is 108 Å². The summed E-state index contributed by atoms with van der Waals surface area (Å²) in [6.07, 6.45) is 15.2. The summed E-state index contributed by atoms with van der Waals surface area (Å²) in [7, 11) is -0.996. The lowest BCUT2D eigenvalue weighted by Gasteiger charge is -2.42. The third kappa shape index (κ3) is 6.60. The van der Waals surface area contributed by atoms with Crippen LogP contribution in [0.5, 0.6) is 5.75 Å². The van der Waals surface area contributed by atoms with Crippen LogP contribution in [0.3, 0.4) is 0 Å². The average Bonchev–Trinajstić information content (AvgIpc) is 2.79. The van der Waals surface area contributed by atoms with E-state index in [1.54, 1.807) is 6.04 Å². The minimum absolute atomic E-state index is 0.196. The first-order valence-electron chi connectivity index (χ1n) is 12.9. The average molecular weight is 431 g/mol. The van der Waals surface area contributed by atoms with Crippen molar-refractivity contribution in [3.63, 3.8) is 0 Å². The molecule has 2 saturated carbocycles. The molecule has 3 rings (SSSR count). The van der Waals surface area contributed by atoms with Crippen molar-refractivity contribution in [2.24, 2.45) is 11.8 Å². The molecule has 0 aromatic heterocycles. The number of unbranched alkanes of at least 4 members (excludes halogenated alkanes) is 1. The third-order valence-corrected chi connectivity index (χ3v) is 12.8. The smallest absolute Gasteiger partial charge is 0.119 e. The molecule has 0 atom stereocenters. The molecule has 2 fully saturated rings. The molecule has 30 heavy (non-hydrogen) atoms. The predicted molar refractivity (Wildman–Crippen MR) is 131 cm³/mol. The largest absolute Gasteiger partial charge is 0.494 e. The van der Waals surface area contributed by atoms with E-state index in [0.29, 0.717) is 13.0 Å². The van der Waals surface area contributed by atoms with Crippen LogP contribution in [-0.4, -0.2) is 26.4 Å². The zero-order chi connectivity index (χ0) is 21.4. The standard InChI is InChI=1S/C27H46O2Si/c1-4-5-21-30(2,3)27-17-13-25(14-18-27)23-9-7-22(8-10-23)24-11-15-26(16-12-24)29-20-6-19-28/h11-12,15-16,22-23,25,27-28H,4-10,13-14,17-21H2,1-3H3. The fraction of sp³-hybridized carbons (Fsp3) is 0.778. The fourth-order valence-electron chi connectivity index (χ4n) is 6.22. The molecule has 2 aliphatic carbocycles. The molecule has 1 aromatic rings. The van der Waals surface area contributed by atoms with Crippen molar-refractivity contribution >= 4 is 8.07 Å². The summed E-state index contributed by atoms with van der Waals surface area (Å²) >= 11 is 0. The molecule has 170 valence electrons. The van der Waals surface area contributed by atoms with Crippen LogP contribution in [-0.2, 0) is 0 Å². The zero-order valence-electron chi connectivity index (χ0n) is 19.9. The maximum atomic E-state index is 8.88. The minimum Gasteiger partial charge on any atom is -0.494 e. The Labute approximate surface area is 186 Å². The molecule has 0 unspecified atom stereocenters. The van der Waals surface area contributed by atoms with Gasteiger partial charge in [-0.1, -0.05) is 76.7 Å². The number of aliphatic hydroxyl groups is 1. The second kappa shape index (κ2) is 11.7. The van der Waals surface area contributed by atoms with Crippen LogP contribution in [0.15, 0.2) is 24.3 Å². The lowest BCUT2D eigenvalue weighted by molar-refractivity contribution is 0.184. The molecule has 2 aliphatic rings. The van der Waals surface area contributed by atoms with Crippen LogP contribution in [0.25, 0.3) is 0 Å². The van der Waals surface area contributed by atoms with Gasteiger partial charge in [0.2, 0.25) is 0 Å². The van der Waals surface area contributed by atoms with E-state index in [-0.39, 0.29) is 6.61 Å². The van der Waals surface area contributed by atoms with Crippen molar-refractivity contribution in [3.05, 3.63) is 29.8 Å². The zero-order valence-corrected chi connectivity index (χ0v) is 20.9. The van der Waals surface area contributed by atoms with Crippen molar-refractivity contribution in [3.8, 4) is 5.75 Å². The maximum absolute atomic E-state index is 8.88. The summed E-state index contributed by atoms with van der Waals surface area (Å²) in [5.74, 6) is 3.68. The number of rotatable bonds is 10. The first-order chi connectivity index (χ1) is 14.5. The summed E-state index contributed by atoms with van der Waals surface area (Å²) in [5.41, 5.74) is 2.59. The number of hydrogen-bond donors (Lipinski definition) is 1. The Bertz CT molecular complexity index is 596. The predicted octanol–water partition coefficient (Wildman–Crippen LogP) is 7.79. The minimum atomic E-state index is -0.996. The van der Waals surface area contributed by atoms with Gasteiger partial charge >= 0.3 is 0 Å². The second-order valence-corrected chi connectivity index (χ2v) is 16.1. The Morgan fingerprint density at radius 1 is 0.867 bits per heavy atom. The van der Waals surface area contributed by atoms with Gasteiger partial charge in [-0.2, -0.15) is 0 Å². The third-order valence-electron chi connectivity index (χ3n) is 8.41. The van der Waals surface area contributed by atoms with Gasteiger partial charge in [-0.05, 0) is 66.7 Å². The van der Waals surface area contributed by atoms with Crippen LogP contribution < -0.4 is 4.74 Å². The molecule has 1 N–H and O–H groups in total. The van der Waals surface area contributed by atoms with Crippen molar-refractivity contribution < 1.29 is 9.84 Å². The quantitative estimate of drug-likeness (QED) is 0.303. The Kier molecular flexibility index (Phi) is 9.31. The summed E-state index contributed by atoms with van der Waals surface area (Å²) in [6, 6.07) is 10.3. The molecule has 0 saturated heterocycles. The Hall–Kier alpha value is -0.803. The lowest BCUT2D eigenvalue weighted by atomic mass is 9.70. The SMILES string of the molecule is CCCC[Si](C)(C)C1CCC(C2CCC(c3ccc(OCCCO)cc3)CC2)CC1. The molecule has 0 amide bonds. The van der Waals surface area contributed by atoms with Gasteiger partial charge in [0.15, 0.2) is 0 Å². The topological polar surface area (TPSA) is 29.5 Å². The molecule has 0 aliphatic heterocycles. The molecule has 1 aromatic carbocycles. The number of aliphatic hydroxyl groups excluding tert-OH is 1. The van der Waals surface area contributed by atoms with Gasteiger partial charge in [-0.25, -0.2) is 0 Å². The van der Waals surface area contributed by atoms with E-state index in [4.69, 9.17) is 9.84 Å². The Morgan fingerprint density at radius 3 is 2.03 bits per heavy atom. The summed E-state index contributed by atoms with van der Waals surface area (Å²) in [6.45, 7) is 8.48. The summed E-state index contributed by atoms with van der Waals surface area (Å²) in [4.78, 5) is 0. The van der Waals surface area contributed by atoms with Crippen LogP contribution in [0, 0.1) is 11.8 Å². The molecule has 0 radical (unpaired) electrons. The lowest BCUT2D eigenvalue weighted by Crippen LogP contribution is -2.36. The van der Waals surface area contributed by atoms with Gasteiger partial charge in [0.25, 0.3) is 0 Å². The van der Waals surface area contributed by atoms with Gasteiger partial charge in [0.1, 0.15) is 5.75 Å². The monoisotopic (exact) mass is 430 g/mol. The van der Waals surface area contributed by atoms with E-state index >= 15 is 0 Å². The normalized spacial score (nSPS) is 27.7. The molecule has 0 spiro atoms. The van der Waals surface area contributed by atoms with Crippen LogP contribution in [0.1, 0.15) is 89.0 Å². The van der Waals surface area contributed by atoms with E-state index in [1.807, 2.05) is 0 Å². The van der Waals surface area contributed by atoms with Crippen LogP contribution in [0.4, 0.5) is 0 Å². The Balaban J connectivity index is 1.42. The first kappa shape index (κ1) is 23.9. The Morgan fingerprint density at radius 2 is 1.47 bits per heavy atom. The van der Waals surface area contributed by atoms with Gasteiger partial charge in [-0.15, -0.1) is 0 Å². The highest BCUT2D eigenvalue weighted by Gasteiger charge is 2.37. The number of benzene rings is 1. The summed E-state index contributed by atoms with van der Waals surface area (Å²) in [5, 5.41) is 8.88. The van der Waals surface area contributed by atoms with Gasteiger partial charge in [-0.3, -0.25) is 0 Å². The maximum Gasteiger partial charge on any atom is 0.119 e. The van der Waals surface area contributed by atoms with E-state index in [9.17, 15) is 0 Å². The highest BCUT2D eigenvalue weighted by Crippen LogP contribution is 2.48. The summed E-state index contributed by atoms with van der Waals surface area (Å²) < 4.78 is 5.68. The molecule has 3 heteroatoms. The van der Waals surface area contributed by atoms with E-state index < -0.39 is 8.07 Å². The van der Waals surface area contributed by atoms with E-state index in [2.05, 4.69) is 44.3 Å². The van der Waals surface area contributed by atoms with Crippen LogP contribution in [0.2, 0.25) is 24.7 Å². The highest BCUT2D eigenvalue weighted by atomic mass is 28.3. The number of hydrogen-bond acceptors (Lipinski definition) is 2. The van der Waals surface area contributed by atoms with Crippen molar-refractivity contribution in [2.75, 3.05) is 13.2 Å². The molecule has 0 heterocycles. The number of ether oxygens (including phenoxy) is 1. The molecular formula is C27H46O2Si. The molecule has 2 nitrogen and oxygen atoms in total. The molecular weight excluding hydrogens is 384 g/mol. The van der Waals surface area contributed by atoms with Gasteiger partial charge in [0, 0.05) is 13.0 Å². The molecule has 0 bridgehead atoms. The highest BCUT2D eigenvalue weighted by molar-refractivity contribution is 6.78. The van der Waals surface area contributed by atoms with Gasteiger partial charge in [0.05, 0.1) is 14.7 Å². The van der Waals surface area contributed by atoms with Crippen molar-refractivity contribution in [1.29, 1.82) is 0 Å². The van der Waals surface area contributed by atoms with Crippen LogP contribution >= 0.6 is 0 Å². The van der Waals surface area contributed by atoms with Crippen molar-refractivity contribution in [1.82, 2.24) is 0 Å². The first-order valence-corrected chi connectivity index (χ1v) is 16.2. The van der Waals surface area contributed by atoms with E-state index in [0.717, 1.165) is 29.0 Å². The van der Waals surface area contributed by atoms with E-state index in [1.165, 1.54) is 69.8 Å². The second-order valence-electron chi connectivity index (χ2n) is 10.8. The van der Waals surface area contributed by atoms with Gasteiger partial charge < -0.3 is 9.84 Å².